The van der Waals surface area contributed by atoms with Gasteiger partial charge in [0.2, 0.25) is 0 Å². The monoisotopic (exact) mass is 357 g/mol. The van der Waals surface area contributed by atoms with Crippen molar-refractivity contribution in [2.24, 2.45) is 0 Å². The normalized spacial score (nSPS) is 10.5. The summed E-state index contributed by atoms with van der Waals surface area (Å²) in [6.45, 7) is 3.75. The van der Waals surface area contributed by atoms with Gasteiger partial charge in [-0.1, -0.05) is 12.1 Å². The Morgan fingerprint density at radius 3 is 3.04 bits per heavy atom. The molecule has 0 saturated carbocycles. The minimum absolute atomic E-state index is 0.632. The van der Waals surface area contributed by atoms with Crippen molar-refractivity contribution in [2.75, 3.05) is 11.9 Å². The van der Waals surface area contributed by atoms with Gasteiger partial charge in [0.15, 0.2) is 5.11 Å². The van der Waals surface area contributed by atoms with E-state index in [1.807, 2.05) is 31.6 Å². The quantitative estimate of drug-likeness (QED) is 0.520. The van der Waals surface area contributed by atoms with Crippen molar-refractivity contribution < 1.29 is 0 Å². The Hall–Kier alpha value is -2.25. The molecule has 1 aromatic carbocycles. The molecule has 0 saturated heterocycles. The lowest BCUT2D eigenvalue weighted by molar-refractivity contribution is 0.632. The van der Waals surface area contributed by atoms with E-state index >= 15 is 0 Å². The van der Waals surface area contributed by atoms with E-state index in [0.717, 1.165) is 41.5 Å². The van der Waals surface area contributed by atoms with E-state index in [9.17, 15) is 0 Å². The molecule has 24 heavy (non-hydrogen) atoms. The highest BCUT2D eigenvalue weighted by Crippen LogP contribution is 2.24. The van der Waals surface area contributed by atoms with Crippen LogP contribution in [0.15, 0.2) is 48.4 Å². The van der Waals surface area contributed by atoms with E-state index in [1.54, 1.807) is 17.5 Å². The minimum Gasteiger partial charge on any atom is -0.362 e. The SMILES string of the molecule is Cc1nc(-c2cccc(NC(=S)NCCCn3ccnc3)c2)cs1. The first-order chi connectivity index (χ1) is 11.7. The fourth-order valence-electron chi connectivity index (χ4n) is 2.31. The summed E-state index contributed by atoms with van der Waals surface area (Å²) < 4.78 is 2.05. The van der Waals surface area contributed by atoms with E-state index in [-0.39, 0.29) is 0 Å². The summed E-state index contributed by atoms with van der Waals surface area (Å²) in [4.78, 5) is 8.55. The van der Waals surface area contributed by atoms with Gasteiger partial charge in [-0.2, -0.15) is 0 Å². The smallest absolute Gasteiger partial charge is 0.170 e. The molecule has 7 heteroatoms. The standard InChI is InChI=1S/C17H19N5S2/c1-13-20-16(11-24-13)14-4-2-5-15(10-14)21-17(23)19-6-3-8-22-9-7-18-12-22/h2,4-5,7,9-12H,3,6,8H2,1H3,(H2,19,21,23). The summed E-state index contributed by atoms with van der Waals surface area (Å²) in [5.41, 5.74) is 3.05. The van der Waals surface area contributed by atoms with Crippen molar-refractivity contribution in [3.63, 3.8) is 0 Å². The van der Waals surface area contributed by atoms with Crippen LogP contribution in [0.4, 0.5) is 5.69 Å². The number of nitrogens with one attached hydrogen (secondary N) is 2. The summed E-state index contributed by atoms with van der Waals surface area (Å²) in [5, 5.41) is 10.2. The topological polar surface area (TPSA) is 54.8 Å². The largest absolute Gasteiger partial charge is 0.362 e. The average molecular weight is 358 g/mol. The highest BCUT2D eigenvalue weighted by molar-refractivity contribution is 7.80. The molecule has 0 spiro atoms. The molecule has 0 aliphatic carbocycles. The lowest BCUT2D eigenvalue weighted by atomic mass is 10.1. The molecule has 0 bridgehead atoms. The Morgan fingerprint density at radius 2 is 2.29 bits per heavy atom. The maximum absolute atomic E-state index is 5.36. The van der Waals surface area contributed by atoms with Gasteiger partial charge in [0, 0.05) is 42.1 Å². The summed E-state index contributed by atoms with van der Waals surface area (Å²) in [6.07, 6.45) is 6.55. The molecule has 0 unspecified atom stereocenters. The van der Waals surface area contributed by atoms with Crippen molar-refractivity contribution in [2.45, 2.75) is 19.9 Å². The third kappa shape index (κ3) is 4.62. The molecule has 5 nitrogen and oxygen atoms in total. The van der Waals surface area contributed by atoms with Crippen molar-refractivity contribution in [1.29, 1.82) is 0 Å². The third-order valence-corrected chi connectivity index (χ3v) is 4.49. The maximum Gasteiger partial charge on any atom is 0.170 e. The lowest BCUT2D eigenvalue weighted by Crippen LogP contribution is -2.29. The fourth-order valence-corrected chi connectivity index (χ4v) is 3.15. The minimum atomic E-state index is 0.632. The Balaban J connectivity index is 1.49. The van der Waals surface area contributed by atoms with Crippen LogP contribution >= 0.6 is 23.6 Å². The molecule has 124 valence electrons. The molecule has 0 amide bonds. The van der Waals surface area contributed by atoms with Crippen LogP contribution in [-0.4, -0.2) is 26.2 Å². The number of anilines is 1. The Labute approximate surface area is 150 Å². The molecule has 0 radical (unpaired) electrons. The summed E-state index contributed by atoms with van der Waals surface area (Å²) >= 11 is 7.01. The number of hydrogen-bond acceptors (Lipinski definition) is 4. The average Bonchev–Trinajstić information content (AvgIpc) is 3.23. The number of thiazole rings is 1. The third-order valence-electron chi connectivity index (χ3n) is 3.47. The number of imidazole rings is 1. The van der Waals surface area contributed by atoms with Gasteiger partial charge >= 0.3 is 0 Å². The molecule has 3 rings (SSSR count). The Morgan fingerprint density at radius 1 is 1.38 bits per heavy atom. The fraction of sp³-hybridized carbons (Fsp3) is 0.235. The molecule has 0 aliphatic rings. The second-order valence-electron chi connectivity index (χ2n) is 5.37. The van der Waals surface area contributed by atoms with Crippen LogP contribution < -0.4 is 10.6 Å². The van der Waals surface area contributed by atoms with Crippen LogP contribution in [0.25, 0.3) is 11.3 Å². The lowest BCUT2D eigenvalue weighted by Gasteiger charge is -2.11. The predicted molar refractivity (Wildman–Crippen MR) is 103 cm³/mol. The second-order valence-corrected chi connectivity index (χ2v) is 6.84. The van der Waals surface area contributed by atoms with Gasteiger partial charge in [0.1, 0.15) is 0 Å². The van der Waals surface area contributed by atoms with Crippen molar-refractivity contribution in [1.82, 2.24) is 19.9 Å². The number of aryl methyl sites for hydroxylation is 2. The van der Waals surface area contributed by atoms with Crippen molar-refractivity contribution in [3.05, 3.63) is 53.4 Å². The van der Waals surface area contributed by atoms with E-state index in [1.165, 1.54) is 0 Å². The van der Waals surface area contributed by atoms with Crippen LogP contribution in [0.5, 0.6) is 0 Å². The first-order valence-electron chi connectivity index (χ1n) is 7.74. The van der Waals surface area contributed by atoms with Crippen LogP contribution in [-0.2, 0) is 6.54 Å². The Kier molecular flexibility index (Phi) is 5.55. The molecule has 0 aliphatic heterocycles. The van der Waals surface area contributed by atoms with Crippen LogP contribution in [0, 0.1) is 6.92 Å². The van der Waals surface area contributed by atoms with Crippen LogP contribution in [0.2, 0.25) is 0 Å². The van der Waals surface area contributed by atoms with Crippen LogP contribution in [0.3, 0.4) is 0 Å². The molecule has 2 aromatic heterocycles. The van der Waals surface area contributed by atoms with Gasteiger partial charge in [0.05, 0.1) is 17.0 Å². The van der Waals surface area contributed by atoms with Gasteiger partial charge in [-0.3, -0.25) is 0 Å². The zero-order valence-electron chi connectivity index (χ0n) is 13.4. The van der Waals surface area contributed by atoms with Crippen molar-refractivity contribution >= 4 is 34.4 Å². The van der Waals surface area contributed by atoms with Crippen LogP contribution in [0.1, 0.15) is 11.4 Å². The molecule has 3 aromatic rings. The van der Waals surface area contributed by atoms with Gasteiger partial charge in [0.25, 0.3) is 0 Å². The molecule has 2 N–H and O–H groups in total. The number of thiocarbonyl (C=S) groups is 1. The van der Waals surface area contributed by atoms with E-state index in [0.29, 0.717) is 5.11 Å². The first-order valence-corrected chi connectivity index (χ1v) is 9.03. The van der Waals surface area contributed by atoms with E-state index < -0.39 is 0 Å². The predicted octanol–water partition coefficient (Wildman–Crippen LogP) is 3.69. The van der Waals surface area contributed by atoms with Gasteiger partial charge in [-0.15, -0.1) is 11.3 Å². The summed E-state index contributed by atoms with van der Waals surface area (Å²) in [6, 6.07) is 8.13. The van der Waals surface area contributed by atoms with Crippen molar-refractivity contribution in [3.8, 4) is 11.3 Å². The zero-order valence-corrected chi connectivity index (χ0v) is 15.0. The summed E-state index contributed by atoms with van der Waals surface area (Å²) in [7, 11) is 0. The highest BCUT2D eigenvalue weighted by Gasteiger charge is 2.04. The van der Waals surface area contributed by atoms with Gasteiger partial charge in [-0.05, 0) is 37.7 Å². The number of aromatic nitrogens is 3. The molecular formula is C17H19N5S2. The highest BCUT2D eigenvalue weighted by atomic mass is 32.1. The maximum atomic E-state index is 5.36. The van der Waals surface area contributed by atoms with E-state index in [2.05, 4.69) is 42.7 Å². The number of benzene rings is 1. The number of hydrogen-bond donors (Lipinski definition) is 2. The van der Waals surface area contributed by atoms with Gasteiger partial charge < -0.3 is 15.2 Å². The zero-order chi connectivity index (χ0) is 16.8. The summed E-state index contributed by atoms with van der Waals surface area (Å²) in [5.74, 6) is 0. The Bertz CT molecular complexity index is 795. The number of rotatable bonds is 6. The number of nitrogens with zero attached hydrogens (tertiary/aromatic N) is 3. The molecule has 0 atom stereocenters. The first kappa shape index (κ1) is 16.6. The van der Waals surface area contributed by atoms with E-state index in [4.69, 9.17) is 12.2 Å². The molecule has 0 fully saturated rings. The second kappa shape index (κ2) is 8.03. The van der Waals surface area contributed by atoms with Gasteiger partial charge in [-0.25, -0.2) is 9.97 Å². The molecular weight excluding hydrogens is 338 g/mol. The molecule has 2 heterocycles.